The van der Waals surface area contributed by atoms with E-state index in [0.29, 0.717) is 30.8 Å². The van der Waals surface area contributed by atoms with Crippen molar-refractivity contribution < 1.29 is 26.9 Å². The normalized spacial score (nSPS) is 11.7. The summed E-state index contributed by atoms with van der Waals surface area (Å²) >= 11 is 0. The molecule has 0 aliphatic heterocycles. The molecule has 0 heterocycles. The highest BCUT2D eigenvalue weighted by Crippen LogP contribution is 2.25. The molecule has 0 spiro atoms. The Kier molecular flexibility index (Phi) is 26.1. The topological polar surface area (TPSA) is 4.44 Å². The van der Waals surface area contributed by atoms with Crippen LogP contribution in [0.2, 0.25) is 0 Å². The standard InChI is InChI=1S/C38H66F5N/c1-3-5-7-9-11-13-15-17-19-21-23-25-27-29-31-44(38-36(42)34(40)33(39)35(41)37(38)43)32-30-28-26-24-22-20-18-16-14-12-10-8-6-4-2/h3-32H2,1-2H3/p+1. The first kappa shape index (κ1) is 40.9. The monoisotopic (exact) mass is 633 g/mol. The first-order valence-electron chi connectivity index (χ1n) is 18.8. The third-order valence-corrected chi connectivity index (χ3v) is 9.23. The van der Waals surface area contributed by atoms with Crippen molar-refractivity contribution in [2.75, 3.05) is 13.1 Å². The van der Waals surface area contributed by atoms with Gasteiger partial charge in [-0.1, -0.05) is 168 Å². The minimum absolute atomic E-state index is 0.384. The van der Waals surface area contributed by atoms with E-state index in [1.807, 2.05) is 0 Å². The van der Waals surface area contributed by atoms with Crippen LogP contribution in [0.5, 0.6) is 0 Å². The smallest absolute Gasteiger partial charge is 0.225 e. The van der Waals surface area contributed by atoms with Crippen molar-refractivity contribution in [3.05, 3.63) is 29.1 Å². The summed E-state index contributed by atoms with van der Waals surface area (Å²) in [5.41, 5.74) is -0.675. The van der Waals surface area contributed by atoms with Crippen LogP contribution in [0.3, 0.4) is 0 Å². The van der Waals surface area contributed by atoms with Gasteiger partial charge in [0.15, 0.2) is 0 Å². The highest BCUT2D eigenvalue weighted by atomic mass is 19.2. The molecule has 258 valence electrons. The fraction of sp³-hybridized carbons (Fsp3) is 0.842. The fourth-order valence-electron chi connectivity index (χ4n) is 6.36. The summed E-state index contributed by atoms with van der Waals surface area (Å²) in [6.07, 6.45) is 33.7. The second-order valence-electron chi connectivity index (χ2n) is 13.2. The molecule has 1 N–H and O–H groups in total. The molecule has 6 heteroatoms. The van der Waals surface area contributed by atoms with Gasteiger partial charge < -0.3 is 0 Å². The first-order valence-corrected chi connectivity index (χ1v) is 18.8. The average Bonchev–Trinajstić information content (AvgIpc) is 3.02. The van der Waals surface area contributed by atoms with E-state index in [0.717, 1.165) is 38.5 Å². The van der Waals surface area contributed by atoms with Crippen molar-refractivity contribution in [3.63, 3.8) is 0 Å². The van der Waals surface area contributed by atoms with E-state index in [1.165, 1.54) is 128 Å². The Morgan fingerprint density at radius 2 is 0.500 bits per heavy atom. The molecule has 0 aromatic heterocycles. The second kappa shape index (κ2) is 28.1. The van der Waals surface area contributed by atoms with E-state index in [2.05, 4.69) is 13.8 Å². The summed E-state index contributed by atoms with van der Waals surface area (Å²) in [6, 6.07) is 0. The van der Waals surface area contributed by atoms with E-state index in [1.54, 1.807) is 0 Å². The zero-order chi connectivity index (χ0) is 32.3. The number of unbranched alkanes of at least 4 members (excludes halogenated alkanes) is 26. The lowest BCUT2D eigenvalue weighted by Gasteiger charge is -2.21. The van der Waals surface area contributed by atoms with Crippen molar-refractivity contribution in [2.45, 2.75) is 194 Å². The Morgan fingerprint density at radius 3 is 0.750 bits per heavy atom. The maximum Gasteiger partial charge on any atom is 0.225 e. The summed E-state index contributed by atoms with van der Waals surface area (Å²) in [6.45, 7) is 5.25. The zero-order valence-electron chi connectivity index (χ0n) is 28.6. The van der Waals surface area contributed by atoms with E-state index >= 15 is 0 Å². The Morgan fingerprint density at radius 1 is 0.295 bits per heavy atom. The molecule has 1 nitrogen and oxygen atoms in total. The van der Waals surface area contributed by atoms with Crippen LogP contribution in [-0.4, -0.2) is 13.1 Å². The maximum atomic E-state index is 14.7. The highest BCUT2D eigenvalue weighted by Gasteiger charge is 2.32. The van der Waals surface area contributed by atoms with Crippen LogP contribution < -0.4 is 4.90 Å². The number of hydrogen-bond donors (Lipinski definition) is 1. The van der Waals surface area contributed by atoms with E-state index in [4.69, 9.17) is 0 Å². The molecule has 0 amide bonds. The van der Waals surface area contributed by atoms with Gasteiger partial charge in [0.25, 0.3) is 0 Å². The number of halogens is 5. The van der Waals surface area contributed by atoms with Crippen LogP contribution in [0.25, 0.3) is 0 Å². The summed E-state index contributed by atoms with van der Waals surface area (Å²) in [7, 11) is 0. The molecule has 44 heavy (non-hydrogen) atoms. The predicted octanol–water partition coefficient (Wildman–Crippen LogP) is 12.9. The molecule has 0 bridgehead atoms. The lowest BCUT2D eigenvalue weighted by Crippen LogP contribution is -3.07. The van der Waals surface area contributed by atoms with Crippen molar-refractivity contribution in [2.24, 2.45) is 0 Å². The van der Waals surface area contributed by atoms with Crippen LogP contribution >= 0.6 is 0 Å². The highest BCUT2D eigenvalue weighted by molar-refractivity contribution is 5.35. The summed E-state index contributed by atoms with van der Waals surface area (Å²) < 4.78 is 71.1. The first-order chi connectivity index (χ1) is 21.5. The van der Waals surface area contributed by atoms with Crippen LogP contribution in [0.15, 0.2) is 0 Å². The fourth-order valence-corrected chi connectivity index (χ4v) is 6.36. The van der Waals surface area contributed by atoms with Crippen LogP contribution in [0, 0.1) is 29.1 Å². The van der Waals surface area contributed by atoms with E-state index in [-0.39, 0.29) is 0 Å². The van der Waals surface area contributed by atoms with Gasteiger partial charge in [-0.05, 0) is 25.7 Å². The van der Waals surface area contributed by atoms with Crippen molar-refractivity contribution in [1.82, 2.24) is 0 Å². The van der Waals surface area contributed by atoms with Gasteiger partial charge in [0.1, 0.15) is 0 Å². The van der Waals surface area contributed by atoms with Gasteiger partial charge in [-0.25, -0.2) is 13.2 Å². The van der Waals surface area contributed by atoms with Gasteiger partial charge >= 0.3 is 0 Å². The number of quaternary nitrogens is 1. The molecule has 0 fully saturated rings. The molecule has 1 aromatic carbocycles. The molecule has 1 aromatic rings. The third-order valence-electron chi connectivity index (χ3n) is 9.23. The zero-order valence-corrected chi connectivity index (χ0v) is 28.6. The van der Waals surface area contributed by atoms with Crippen LogP contribution in [0.1, 0.15) is 194 Å². The molecule has 0 unspecified atom stereocenters. The van der Waals surface area contributed by atoms with Gasteiger partial charge in [0.2, 0.25) is 34.8 Å². The minimum Gasteiger partial charge on any atom is -0.297 e. The maximum absolute atomic E-state index is 14.7. The van der Waals surface area contributed by atoms with E-state index < -0.39 is 34.8 Å². The summed E-state index contributed by atoms with van der Waals surface area (Å²) in [5, 5.41) is 0. The number of benzene rings is 1. The molecule has 0 saturated heterocycles. The molecule has 0 saturated carbocycles. The molecular weight excluding hydrogens is 565 g/mol. The molecule has 0 aliphatic rings. The van der Waals surface area contributed by atoms with Gasteiger partial charge in [-0.3, -0.25) is 4.90 Å². The van der Waals surface area contributed by atoms with Gasteiger partial charge in [0, 0.05) is 0 Å². The second-order valence-corrected chi connectivity index (χ2v) is 13.2. The van der Waals surface area contributed by atoms with Gasteiger partial charge in [-0.15, -0.1) is 0 Å². The third kappa shape index (κ3) is 18.7. The molecule has 0 radical (unpaired) electrons. The van der Waals surface area contributed by atoms with Crippen molar-refractivity contribution in [3.8, 4) is 0 Å². The number of hydrogen-bond acceptors (Lipinski definition) is 0. The molecule has 0 atom stereocenters. The SMILES string of the molecule is CCCCCCCCCCCCCCCC[NH+](CCCCCCCCCCCCCCCC)c1c(F)c(F)c(F)c(F)c1F. The Balaban J connectivity index is 2.33. The Hall–Kier alpha value is -1.17. The van der Waals surface area contributed by atoms with Crippen molar-refractivity contribution in [1.29, 1.82) is 0 Å². The lowest BCUT2D eigenvalue weighted by atomic mass is 10.0. The van der Waals surface area contributed by atoms with Gasteiger partial charge in [0.05, 0.1) is 13.1 Å². The minimum atomic E-state index is -2.07. The van der Waals surface area contributed by atoms with Crippen LogP contribution in [-0.2, 0) is 0 Å². The molecular formula is C38H67F5N+. The van der Waals surface area contributed by atoms with Crippen molar-refractivity contribution >= 4 is 5.69 Å². The molecule has 0 aliphatic carbocycles. The number of rotatable bonds is 31. The average molecular weight is 633 g/mol. The Labute approximate surface area is 268 Å². The van der Waals surface area contributed by atoms with Crippen LogP contribution in [0.4, 0.5) is 27.6 Å². The Bertz CT molecular complexity index is 754. The van der Waals surface area contributed by atoms with E-state index in [9.17, 15) is 22.0 Å². The largest absolute Gasteiger partial charge is 0.297 e. The predicted molar refractivity (Wildman–Crippen MR) is 177 cm³/mol. The summed E-state index contributed by atoms with van der Waals surface area (Å²) in [4.78, 5) is 0.385. The summed E-state index contributed by atoms with van der Waals surface area (Å²) in [5.74, 6) is -9.09. The quantitative estimate of drug-likeness (QED) is 0.0359. The molecule has 1 rings (SSSR count). The number of nitrogens with one attached hydrogen (secondary N) is 1. The van der Waals surface area contributed by atoms with Gasteiger partial charge in [-0.2, -0.15) is 8.78 Å². The lowest BCUT2D eigenvalue weighted by molar-refractivity contribution is -0.835.